The van der Waals surface area contributed by atoms with E-state index in [1.807, 2.05) is 13.8 Å². The van der Waals surface area contributed by atoms with Crippen LogP contribution in [0.3, 0.4) is 0 Å². The molecule has 1 saturated carbocycles. The fraction of sp³-hybridized carbons (Fsp3) is 0.600. The molecule has 6 heteroatoms. The van der Waals surface area contributed by atoms with Crippen molar-refractivity contribution in [3.8, 4) is 5.75 Å². The van der Waals surface area contributed by atoms with Gasteiger partial charge in [-0.15, -0.1) is 0 Å². The number of ether oxygens (including phenoxy) is 1. The maximum Gasteiger partial charge on any atom is 0.240 e. The summed E-state index contributed by atoms with van der Waals surface area (Å²) in [5, 5.41) is 9.47. The zero-order valence-electron chi connectivity index (χ0n) is 12.5. The summed E-state index contributed by atoms with van der Waals surface area (Å²) in [6, 6.07) is 4.80. The van der Waals surface area contributed by atoms with E-state index in [4.69, 9.17) is 4.74 Å². The maximum atomic E-state index is 12.4. The van der Waals surface area contributed by atoms with E-state index in [1.165, 1.54) is 0 Å². The fourth-order valence-electron chi connectivity index (χ4n) is 2.59. The van der Waals surface area contributed by atoms with E-state index in [9.17, 15) is 13.5 Å². The van der Waals surface area contributed by atoms with Crippen LogP contribution in [0.1, 0.15) is 38.2 Å². The van der Waals surface area contributed by atoms with E-state index in [1.54, 1.807) is 18.2 Å². The Morgan fingerprint density at radius 2 is 1.95 bits per heavy atom. The third-order valence-electron chi connectivity index (χ3n) is 3.78. The van der Waals surface area contributed by atoms with Crippen LogP contribution < -0.4 is 9.46 Å². The van der Waals surface area contributed by atoms with E-state index in [-0.39, 0.29) is 17.0 Å². The lowest BCUT2D eigenvalue weighted by molar-refractivity contribution is 0.120. The summed E-state index contributed by atoms with van der Waals surface area (Å²) in [4.78, 5) is 0.259. The lowest BCUT2D eigenvalue weighted by Gasteiger charge is -2.26. The van der Waals surface area contributed by atoms with Crippen molar-refractivity contribution in [2.24, 2.45) is 0 Å². The van der Waals surface area contributed by atoms with Crippen molar-refractivity contribution in [1.29, 1.82) is 0 Å². The molecule has 0 radical (unpaired) electrons. The number of rotatable bonds is 5. The van der Waals surface area contributed by atoms with E-state index in [2.05, 4.69) is 4.72 Å². The van der Waals surface area contributed by atoms with Gasteiger partial charge in [0.2, 0.25) is 10.0 Å². The normalized spacial score (nSPS) is 23.0. The van der Waals surface area contributed by atoms with Gasteiger partial charge < -0.3 is 9.84 Å². The largest absolute Gasteiger partial charge is 0.494 e. The predicted octanol–water partition coefficient (Wildman–Crippen LogP) is 1.98. The van der Waals surface area contributed by atoms with Crippen LogP contribution in [-0.2, 0) is 10.0 Å². The maximum absolute atomic E-state index is 12.4. The second kappa shape index (κ2) is 6.77. The minimum atomic E-state index is -3.52. The van der Waals surface area contributed by atoms with Crippen molar-refractivity contribution in [1.82, 2.24) is 4.72 Å². The summed E-state index contributed by atoms with van der Waals surface area (Å²) in [6.07, 6.45) is 2.36. The summed E-state index contributed by atoms with van der Waals surface area (Å²) in [6.45, 7) is 4.28. The Labute approximate surface area is 126 Å². The van der Waals surface area contributed by atoms with Crippen LogP contribution in [-0.4, -0.2) is 32.3 Å². The van der Waals surface area contributed by atoms with Crippen LogP contribution in [0.4, 0.5) is 0 Å². The molecule has 2 rings (SSSR count). The van der Waals surface area contributed by atoms with E-state index in [0.29, 0.717) is 38.0 Å². The van der Waals surface area contributed by atoms with Gasteiger partial charge in [-0.05, 0) is 63.3 Å². The zero-order chi connectivity index (χ0) is 15.5. The molecule has 0 spiro atoms. The Morgan fingerprint density at radius 1 is 1.29 bits per heavy atom. The predicted molar refractivity (Wildman–Crippen MR) is 80.9 cm³/mol. The minimum absolute atomic E-state index is 0.0923. The van der Waals surface area contributed by atoms with E-state index >= 15 is 0 Å². The van der Waals surface area contributed by atoms with Gasteiger partial charge in [0.15, 0.2) is 0 Å². The molecule has 1 aromatic rings. The van der Waals surface area contributed by atoms with Gasteiger partial charge in [-0.2, -0.15) is 0 Å². The first kappa shape index (κ1) is 16.3. The van der Waals surface area contributed by atoms with Gasteiger partial charge in [-0.3, -0.25) is 0 Å². The molecular formula is C15H23NO4S. The van der Waals surface area contributed by atoms with E-state index in [0.717, 1.165) is 5.56 Å². The smallest absolute Gasteiger partial charge is 0.240 e. The number of hydrogen-bond donors (Lipinski definition) is 2. The highest BCUT2D eigenvalue weighted by Crippen LogP contribution is 2.24. The summed E-state index contributed by atoms with van der Waals surface area (Å²) in [5.41, 5.74) is 0.804. The number of aliphatic hydroxyl groups excluding tert-OH is 1. The standard InChI is InChI=1S/C15H23NO4S/c1-3-20-15-9-8-14(10-11(15)2)21(18,19)16-12-4-6-13(17)7-5-12/h8-10,12-13,16-17H,3-7H2,1-2H3. The third kappa shape index (κ3) is 4.18. The number of hydrogen-bond acceptors (Lipinski definition) is 4. The van der Waals surface area contributed by atoms with Gasteiger partial charge in [0.25, 0.3) is 0 Å². The fourth-order valence-corrected chi connectivity index (χ4v) is 3.98. The van der Waals surface area contributed by atoms with Crippen molar-refractivity contribution in [2.45, 2.75) is 56.6 Å². The first-order valence-corrected chi connectivity index (χ1v) is 8.84. The van der Waals surface area contributed by atoms with Crippen molar-refractivity contribution < 1.29 is 18.3 Å². The molecule has 5 nitrogen and oxygen atoms in total. The summed E-state index contributed by atoms with van der Waals surface area (Å²) in [7, 11) is -3.52. The van der Waals surface area contributed by atoms with Crippen molar-refractivity contribution in [2.75, 3.05) is 6.61 Å². The van der Waals surface area contributed by atoms with Crippen molar-refractivity contribution >= 4 is 10.0 Å². The molecule has 1 fully saturated rings. The average Bonchev–Trinajstić information content (AvgIpc) is 2.43. The lowest BCUT2D eigenvalue weighted by atomic mass is 9.94. The van der Waals surface area contributed by atoms with Crippen LogP contribution in [0, 0.1) is 6.92 Å². The van der Waals surface area contributed by atoms with Gasteiger partial charge in [0.1, 0.15) is 5.75 Å². The number of aliphatic hydroxyl groups is 1. The third-order valence-corrected chi connectivity index (χ3v) is 5.29. The lowest BCUT2D eigenvalue weighted by Crippen LogP contribution is -2.38. The number of benzene rings is 1. The van der Waals surface area contributed by atoms with Crippen LogP contribution in [0.2, 0.25) is 0 Å². The second-order valence-electron chi connectivity index (χ2n) is 5.49. The first-order chi connectivity index (χ1) is 9.92. The molecule has 0 aliphatic heterocycles. The van der Waals surface area contributed by atoms with Crippen LogP contribution in [0.25, 0.3) is 0 Å². The van der Waals surface area contributed by atoms with Crippen LogP contribution in [0.5, 0.6) is 5.75 Å². The number of sulfonamides is 1. The van der Waals surface area contributed by atoms with E-state index < -0.39 is 10.0 Å². The highest BCUT2D eigenvalue weighted by atomic mass is 32.2. The minimum Gasteiger partial charge on any atom is -0.494 e. The molecule has 0 amide bonds. The summed E-state index contributed by atoms with van der Waals surface area (Å²) < 4.78 is 32.9. The molecule has 0 bridgehead atoms. The summed E-state index contributed by atoms with van der Waals surface area (Å²) >= 11 is 0. The van der Waals surface area contributed by atoms with Crippen molar-refractivity contribution in [3.63, 3.8) is 0 Å². The molecule has 0 unspecified atom stereocenters. The number of nitrogens with one attached hydrogen (secondary N) is 1. The molecule has 0 atom stereocenters. The van der Waals surface area contributed by atoms with Crippen LogP contribution >= 0.6 is 0 Å². The van der Waals surface area contributed by atoms with Gasteiger partial charge in [0.05, 0.1) is 17.6 Å². The molecule has 1 aliphatic carbocycles. The molecular weight excluding hydrogens is 290 g/mol. The molecule has 118 valence electrons. The van der Waals surface area contributed by atoms with Crippen molar-refractivity contribution in [3.05, 3.63) is 23.8 Å². The summed E-state index contributed by atoms with van der Waals surface area (Å²) in [5.74, 6) is 0.706. The molecule has 1 aliphatic rings. The molecule has 21 heavy (non-hydrogen) atoms. The molecule has 1 aromatic carbocycles. The number of aryl methyl sites for hydroxylation is 1. The molecule has 2 N–H and O–H groups in total. The Morgan fingerprint density at radius 3 is 2.52 bits per heavy atom. The molecule has 0 aromatic heterocycles. The van der Waals surface area contributed by atoms with Gasteiger partial charge in [-0.25, -0.2) is 13.1 Å². The SMILES string of the molecule is CCOc1ccc(S(=O)(=O)NC2CCC(O)CC2)cc1C. The Balaban J connectivity index is 2.10. The van der Waals surface area contributed by atoms with Gasteiger partial charge >= 0.3 is 0 Å². The Hall–Kier alpha value is -1.11. The monoisotopic (exact) mass is 313 g/mol. The average molecular weight is 313 g/mol. The Kier molecular flexibility index (Phi) is 5.24. The van der Waals surface area contributed by atoms with Gasteiger partial charge in [0, 0.05) is 6.04 Å². The Bertz CT molecular complexity index is 577. The topological polar surface area (TPSA) is 75.6 Å². The zero-order valence-corrected chi connectivity index (χ0v) is 13.3. The second-order valence-corrected chi connectivity index (χ2v) is 7.20. The quantitative estimate of drug-likeness (QED) is 0.871. The van der Waals surface area contributed by atoms with Crippen LogP contribution in [0.15, 0.2) is 23.1 Å². The highest BCUT2D eigenvalue weighted by Gasteiger charge is 2.25. The molecule has 0 saturated heterocycles. The van der Waals surface area contributed by atoms with Gasteiger partial charge in [-0.1, -0.05) is 0 Å². The molecule has 0 heterocycles. The highest BCUT2D eigenvalue weighted by molar-refractivity contribution is 7.89. The first-order valence-electron chi connectivity index (χ1n) is 7.36.